The Labute approximate surface area is 122 Å². The van der Waals surface area contributed by atoms with Gasteiger partial charge in [0.2, 0.25) is 5.91 Å². The molecular formula is C13H18ClN3O3. The van der Waals surface area contributed by atoms with Gasteiger partial charge in [0.05, 0.1) is 11.6 Å². The first-order valence-electron chi connectivity index (χ1n) is 6.19. The summed E-state index contributed by atoms with van der Waals surface area (Å²) in [5, 5.41) is 2.71. The van der Waals surface area contributed by atoms with E-state index in [0.29, 0.717) is 23.2 Å². The number of hydrogen-bond acceptors (Lipinski definition) is 4. The molecule has 1 aromatic heterocycles. The Hall–Kier alpha value is -1.79. The lowest BCUT2D eigenvalue weighted by molar-refractivity contribution is -0.117. The second kappa shape index (κ2) is 6.58. The number of halogens is 1. The summed E-state index contributed by atoms with van der Waals surface area (Å²) in [7, 11) is 1.63. The normalized spacial score (nSPS) is 11.9. The maximum Gasteiger partial charge on any atom is 0.419 e. The number of nitrogens with one attached hydrogen (secondary N) is 1. The zero-order valence-corrected chi connectivity index (χ0v) is 12.2. The van der Waals surface area contributed by atoms with E-state index in [9.17, 15) is 9.59 Å². The molecule has 0 bridgehead atoms. The van der Waals surface area contributed by atoms with Crippen molar-refractivity contribution in [3.8, 4) is 0 Å². The third-order valence-electron chi connectivity index (χ3n) is 3.00. The molecule has 0 saturated heterocycles. The number of nitrogens with two attached hydrogens (primary N) is 1. The quantitative estimate of drug-likeness (QED) is 0.897. The predicted octanol–water partition coefficient (Wildman–Crippen LogP) is 1.62. The Morgan fingerprint density at radius 2 is 2.20 bits per heavy atom. The van der Waals surface area contributed by atoms with Crippen molar-refractivity contribution >= 4 is 35.1 Å². The number of aromatic nitrogens is 1. The number of oxazole rings is 1. The first kappa shape index (κ1) is 16.3. The molecule has 2 aromatic rings. The Morgan fingerprint density at radius 3 is 2.85 bits per heavy atom. The van der Waals surface area contributed by atoms with Crippen molar-refractivity contribution in [2.45, 2.75) is 25.8 Å². The molecule has 110 valence electrons. The van der Waals surface area contributed by atoms with Gasteiger partial charge in [-0.15, -0.1) is 12.4 Å². The molecule has 0 aliphatic heterocycles. The number of rotatable bonds is 4. The van der Waals surface area contributed by atoms with E-state index in [1.807, 2.05) is 6.92 Å². The maximum atomic E-state index is 11.8. The summed E-state index contributed by atoms with van der Waals surface area (Å²) in [6, 6.07) is 4.53. The van der Waals surface area contributed by atoms with E-state index in [4.69, 9.17) is 10.2 Å². The highest BCUT2D eigenvalue weighted by molar-refractivity contribution is 5.96. The van der Waals surface area contributed by atoms with Crippen LogP contribution in [0.3, 0.4) is 0 Å². The molecule has 2 rings (SSSR count). The average Bonchev–Trinajstić information content (AvgIpc) is 2.65. The molecule has 1 atom stereocenters. The second-order valence-electron chi connectivity index (χ2n) is 4.49. The molecule has 1 aromatic carbocycles. The molecule has 0 aliphatic carbocycles. The van der Waals surface area contributed by atoms with Crippen LogP contribution in [0.15, 0.2) is 27.4 Å². The topological polar surface area (TPSA) is 90.3 Å². The number of fused-ring (bicyclic) bond motifs is 1. The van der Waals surface area contributed by atoms with Crippen LogP contribution in [0.5, 0.6) is 0 Å². The van der Waals surface area contributed by atoms with Crippen LogP contribution in [0, 0.1) is 0 Å². The predicted molar refractivity (Wildman–Crippen MR) is 80.2 cm³/mol. The molecule has 1 unspecified atom stereocenters. The number of hydrogen-bond donors (Lipinski definition) is 2. The highest BCUT2D eigenvalue weighted by Gasteiger charge is 2.13. The molecule has 7 heteroatoms. The summed E-state index contributed by atoms with van der Waals surface area (Å²) < 4.78 is 6.46. The summed E-state index contributed by atoms with van der Waals surface area (Å²) in [5.74, 6) is -0.666. The number of anilines is 1. The number of aryl methyl sites for hydroxylation is 1. The van der Waals surface area contributed by atoms with E-state index >= 15 is 0 Å². The smallest absolute Gasteiger partial charge is 0.408 e. The zero-order valence-electron chi connectivity index (χ0n) is 11.4. The molecule has 6 nitrogen and oxygen atoms in total. The monoisotopic (exact) mass is 299 g/mol. The fourth-order valence-electron chi connectivity index (χ4n) is 1.89. The lowest BCUT2D eigenvalue weighted by Crippen LogP contribution is -2.35. The maximum absolute atomic E-state index is 11.8. The molecule has 0 fully saturated rings. The van der Waals surface area contributed by atoms with Crippen LogP contribution in [-0.4, -0.2) is 16.5 Å². The van der Waals surface area contributed by atoms with Gasteiger partial charge in [-0.2, -0.15) is 0 Å². The summed E-state index contributed by atoms with van der Waals surface area (Å²) >= 11 is 0. The molecule has 1 amide bonds. The second-order valence-corrected chi connectivity index (χ2v) is 4.49. The Bertz CT molecular complexity index is 662. The van der Waals surface area contributed by atoms with E-state index in [1.54, 1.807) is 25.2 Å². The molecule has 20 heavy (non-hydrogen) atoms. The van der Waals surface area contributed by atoms with Gasteiger partial charge in [0.25, 0.3) is 0 Å². The largest absolute Gasteiger partial charge is 0.419 e. The van der Waals surface area contributed by atoms with Crippen molar-refractivity contribution in [3.63, 3.8) is 0 Å². The van der Waals surface area contributed by atoms with Gasteiger partial charge in [-0.1, -0.05) is 13.3 Å². The van der Waals surface area contributed by atoms with Crippen LogP contribution in [0.1, 0.15) is 19.8 Å². The van der Waals surface area contributed by atoms with Crippen LogP contribution < -0.4 is 16.8 Å². The molecule has 0 saturated carbocycles. The van der Waals surface area contributed by atoms with E-state index in [2.05, 4.69) is 5.32 Å². The van der Waals surface area contributed by atoms with Gasteiger partial charge in [0, 0.05) is 18.8 Å². The molecule has 0 aliphatic rings. The van der Waals surface area contributed by atoms with Crippen molar-refractivity contribution in [1.29, 1.82) is 0 Å². The summed E-state index contributed by atoms with van der Waals surface area (Å²) in [6.45, 7) is 1.97. The lowest BCUT2D eigenvalue weighted by atomic mass is 10.1. The fraction of sp³-hybridized carbons (Fsp3) is 0.385. The molecule has 0 spiro atoms. The average molecular weight is 300 g/mol. The van der Waals surface area contributed by atoms with Gasteiger partial charge in [-0.25, -0.2) is 4.79 Å². The first-order valence-corrected chi connectivity index (χ1v) is 6.19. The lowest BCUT2D eigenvalue weighted by Gasteiger charge is -2.10. The molecule has 3 N–H and O–H groups in total. The highest BCUT2D eigenvalue weighted by atomic mass is 35.5. The van der Waals surface area contributed by atoms with E-state index in [0.717, 1.165) is 6.42 Å². The first-order chi connectivity index (χ1) is 9.02. The fourth-order valence-corrected chi connectivity index (χ4v) is 1.89. The van der Waals surface area contributed by atoms with Crippen LogP contribution in [-0.2, 0) is 11.8 Å². The van der Waals surface area contributed by atoms with E-state index in [-0.39, 0.29) is 18.3 Å². The number of carbonyl (C=O) groups is 1. The minimum atomic E-state index is -0.525. The Kier molecular flexibility index (Phi) is 5.35. The highest BCUT2D eigenvalue weighted by Crippen LogP contribution is 2.18. The van der Waals surface area contributed by atoms with E-state index in [1.165, 1.54) is 4.57 Å². The number of amides is 1. The third kappa shape index (κ3) is 3.20. The molecule has 1 heterocycles. The summed E-state index contributed by atoms with van der Waals surface area (Å²) in [6.07, 6.45) is 1.48. The van der Waals surface area contributed by atoms with E-state index < -0.39 is 11.8 Å². The van der Waals surface area contributed by atoms with Gasteiger partial charge in [-0.05, 0) is 18.6 Å². The van der Waals surface area contributed by atoms with Crippen molar-refractivity contribution in [1.82, 2.24) is 4.57 Å². The van der Waals surface area contributed by atoms with Crippen LogP contribution in [0.4, 0.5) is 5.69 Å². The van der Waals surface area contributed by atoms with Crippen molar-refractivity contribution in [2.75, 3.05) is 5.32 Å². The minimum absolute atomic E-state index is 0. The Balaban J connectivity index is 0.00000200. The van der Waals surface area contributed by atoms with Crippen LogP contribution >= 0.6 is 12.4 Å². The standard InChI is InChI=1S/C13H17N3O3.ClH/c1-3-4-9(14)12(17)15-8-5-6-10-11(7-8)19-13(18)16(10)2;/h5-7,9H,3-4,14H2,1-2H3,(H,15,17);1H. The summed E-state index contributed by atoms with van der Waals surface area (Å²) in [5.41, 5.74) is 7.42. The Morgan fingerprint density at radius 1 is 1.50 bits per heavy atom. The van der Waals surface area contributed by atoms with Gasteiger partial charge >= 0.3 is 5.76 Å². The van der Waals surface area contributed by atoms with Crippen LogP contribution in [0.2, 0.25) is 0 Å². The SMILES string of the molecule is CCCC(N)C(=O)Nc1ccc2c(c1)oc(=O)n2C.Cl. The van der Waals surface area contributed by atoms with Crippen molar-refractivity contribution in [3.05, 3.63) is 28.7 Å². The van der Waals surface area contributed by atoms with Gasteiger partial charge < -0.3 is 15.5 Å². The van der Waals surface area contributed by atoms with Crippen LogP contribution in [0.25, 0.3) is 11.1 Å². The van der Waals surface area contributed by atoms with Crippen molar-refractivity contribution < 1.29 is 9.21 Å². The number of carbonyl (C=O) groups excluding carboxylic acids is 1. The van der Waals surface area contributed by atoms with Gasteiger partial charge in [0.15, 0.2) is 5.58 Å². The minimum Gasteiger partial charge on any atom is -0.408 e. The third-order valence-corrected chi connectivity index (χ3v) is 3.00. The van der Waals surface area contributed by atoms with Crippen molar-refractivity contribution in [2.24, 2.45) is 12.8 Å². The van der Waals surface area contributed by atoms with Gasteiger partial charge in [0.1, 0.15) is 0 Å². The zero-order chi connectivity index (χ0) is 14.0. The van der Waals surface area contributed by atoms with Gasteiger partial charge in [-0.3, -0.25) is 9.36 Å². The summed E-state index contributed by atoms with van der Waals surface area (Å²) in [4.78, 5) is 23.1. The molecular weight excluding hydrogens is 282 g/mol. The molecule has 0 radical (unpaired) electrons. The number of benzene rings is 1. The number of nitrogens with zero attached hydrogens (tertiary/aromatic N) is 1.